The van der Waals surface area contributed by atoms with Gasteiger partial charge < -0.3 is 20.5 Å². The summed E-state index contributed by atoms with van der Waals surface area (Å²) in [7, 11) is 0. The standard InChI is InChI=1S/C24H21ClN6O2/c25-19-9-10-22(27-14-19)30-23(32)18-7-4-8-20(13-18)28-24(33)29-21(15-31-12-11-26-16-31)17-5-2-1-3-6-17/h1-14,16,21H,15H2,(H,27,30,32)(H2,28,29,33). The number of hydrogen-bond donors (Lipinski definition) is 3. The number of carbonyl (C=O) groups excluding carboxylic acids is 2. The molecular weight excluding hydrogens is 440 g/mol. The summed E-state index contributed by atoms with van der Waals surface area (Å²) in [5.74, 6) is 0.0295. The van der Waals surface area contributed by atoms with E-state index in [2.05, 4.69) is 25.9 Å². The highest BCUT2D eigenvalue weighted by Gasteiger charge is 2.16. The van der Waals surface area contributed by atoms with Crippen LogP contribution in [-0.2, 0) is 6.54 Å². The maximum atomic E-state index is 12.8. The molecule has 33 heavy (non-hydrogen) atoms. The average Bonchev–Trinajstić information content (AvgIpc) is 3.34. The van der Waals surface area contributed by atoms with Crippen molar-refractivity contribution in [3.63, 3.8) is 0 Å². The number of aromatic nitrogens is 3. The fourth-order valence-corrected chi connectivity index (χ4v) is 3.34. The van der Waals surface area contributed by atoms with Crippen LogP contribution in [0.4, 0.5) is 16.3 Å². The summed E-state index contributed by atoms with van der Waals surface area (Å²) in [6.07, 6.45) is 6.69. The number of pyridine rings is 1. The van der Waals surface area contributed by atoms with Crippen LogP contribution >= 0.6 is 11.6 Å². The summed E-state index contributed by atoms with van der Waals surface area (Å²) < 4.78 is 1.90. The first kappa shape index (κ1) is 22.0. The quantitative estimate of drug-likeness (QED) is 0.370. The number of benzene rings is 2. The molecule has 3 N–H and O–H groups in total. The van der Waals surface area contributed by atoms with Gasteiger partial charge in [-0.15, -0.1) is 0 Å². The Labute approximate surface area is 195 Å². The van der Waals surface area contributed by atoms with E-state index >= 15 is 0 Å². The molecule has 4 rings (SSSR count). The summed E-state index contributed by atoms with van der Waals surface area (Å²) in [5.41, 5.74) is 1.83. The van der Waals surface area contributed by atoms with Gasteiger partial charge in [-0.2, -0.15) is 0 Å². The monoisotopic (exact) mass is 460 g/mol. The molecule has 166 valence electrons. The fourth-order valence-electron chi connectivity index (χ4n) is 3.23. The number of anilines is 2. The first-order valence-corrected chi connectivity index (χ1v) is 10.6. The van der Waals surface area contributed by atoms with Crippen LogP contribution < -0.4 is 16.0 Å². The van der Waals surface area contributed by atoms with Crippen molar-refractivity contribution in [2.45, 2.75) is 12.6 Å². The molecule has 2 heterocycles. The molecule has 0 saturated heterocycles. The van der Waals surface area contributed by atoms with Crippen molar-refractivity contribution >= 4 is 35.0 Å². The number of imidazole rings is 1. The summed E-state index contributed by atoms with van der Waals surface area (Å²) in [6, 6.07) is 18.9. The van der Waals surface area contributed by atoms with Gasteiger partial charge >= 0.3 is 6.03 Å². The lowest BCUT2D eigenvalue weighted by Gasteiger charge is -2.20. The van der Waals surface area contributed by atoms with Crippen LogP contribution in [0.1, 0.15) is 22.0 Å². The molecule has 0 aliphatic carbocycles. The van der Waals surface area contributed by atoms with Gasteiger partial charge in [-0.25, -0.2) is 14.8 Å². The van der Waals surface area contributed by atoms with E-state index < -0.39 is 0 Å². The van der Waals surface area contributed by atoms with Crippen molar-refractivity contribution in [3.8, 4) is 0 Å². The van der Waals surface area contributed by atoms with E-state index in [0.29, 0.717) is 28.6 Å². The molecule has 9 heteroatoms. The summed E-state index contributed by atoms with van der Waals surface area (Å²) in [6.45, 7) is 0.522. The Bertz CT molecular complexity index is 1210. The molecule has 1 atom stereocenters. The van der Waals surface area contributed by atoms with Crippen LogP contribution in [0.2, 0.25) is 5.02 Å². The topological polar surface area (TPSA) is 101 Å². The highest BCUT2D eigenvalue weighted by Crippen LogP contribution is 2.17. The SMILES string of the molecule is O=C(Nc1cccc(C(=O)Nc2ccc(Cl)cn2)c1)NC(Cn1ccnc1)c1ccccc1. The summed E-state index contributed by atoms with van der Waals surface area (Å²) in [5, 5.41) is 8.97. The zero-order valence-electron chi connectivity index (χ0n) is 17.5. The number of amides is 3. The van der Waals surface area contributed by atoms with Crippen LogP contribution in [0.3, 0.4) is 0 Å². The minimum Gasteiger partial charge on any atom is -0.335 e. The predicted molar refractivity (Wildman–Crippen MR) is 127 cm³/mol. The highest BCUT2D eigenvalue weighted by atomic mass is 35.5. The van der Waals surface area contributed by atoms with Gasteiger partial charge in [-0.05, 0) is 35.9 Å². The number of nitrogens with zero attached hydrogens (tertiary/aromatic N) is 3. The van der Waals surface area contributed by atoms with Crippen molar-refractivity contribution in [3.05, 3.63) is 108 Å². The van der Waals surface area contributed by atoms with Gasteiger partial charge in [-0.1, -0.05) is 48.0 Å². The highest BCUT2D eigenvalue weighted by molar-refractivity contribution is 6.30. The van der Waals surface area contributed by atoms with Crippen molar-refractivity contribution < 1.29 is 9.59 Å². The molecule has 0 fully saturated rings. The number of urea groups is 1. The van der Waals surface area contributed by atoms with Gasteiger partial charge in [-0.3, -0.25) is 4.79 Å². The molecule has 0 spiro atoms. The average molecular weight is 461 g/mol. The molecule has 2 aromatic carbocycles. The molecule has 1 unspecified atom stereocenters. The molecule has 8 nitrogen and oxygen atoms in total. The summed E-state index contributed by atoms with van der Waals surface area (Å²) >= 11 is 5.82. The second-order valence-corrected chi connectivity index (χ2v) is 7.65. The third-order valence-corrected chi connectivity index (χ3v) is 5.04. The third-order valence-electron chi connectivity index (χ3n) is 4.81. The molecule has 0 aliphatic heterocycles. The largest absolute Gasteiger partial charge is 0.335 e. The molecule has 4 aromatic rings. The maximum absolute atomic E-state index is 12.8. The van der Waals surface area contributed by atoms with Gasteiger partial charge in [0.2, 0.25) is 0 Å². The Morgan fingerprint density at radius 2 is 1.85 bits per heavy atom. The van der Waals surface area contributed by atoms with Crippen molar-refractivity contribution in [1.82, 2.24) is 19.9 Å². The van der Waals surface area contributed by atoms with Gasteiger partial charge in [0.05, 0.1) is 17.4 Å². The number of rotatable bonds is 7. The number of halogens is 1. The number of hydrogen-bond acceptors (Lipinski definition) is 4. The minimum absolute atomic E-state index is 0.275. The van der Waals surface area contributed by atoms with E-state index in [9.17, 15) is 9.59 Å². The molecule has 0 saturated carbocycles. The second-order valence-electron chi connectivity index (χ2n) is 7.22. The van der Waals surface area contributed by atoms with Crippen LogP contribution in [0.15, 0.2) is 91.6 Å². The van der Waals surface area contributed by atoms with Gasteiger partial charge in [0.15, 0.2) is 0 Å². The van der Waals surface area contributed by atoms with Gasteiger partial charge in [0.25, 0.3) is 5.91 Å². The number of nitrogens with one attached hydrogen (secondary N) is 3. The number of carbonyl (C=O) groups is 2. The van der Waals surface area contributed by atoms with E-state index in [0.717, 1.165) is 5.56 Å². The van der Waals surface area contributed by atoms with E-state index in [1.165, 1.54) is 6.20 Å². The van der Waals surface area contributed by atoms with Crippen LogP contribution in [0, 0.1) is 0 Å². The Morgan fingerprint density at radius 3 is 2.58 bits per heavy atom. The molecule has 0 bridgehead atoms. The van der Waals surface area contributed by atoms with E-state index in [1.54, 1.807) is 48.9 Å². The Balaban J connectivity index is 1.42. The smallest absolute Gasteiger partial charge is 0.319 e. The minimum atomic E-state index is -0.388. The van der Waals surface area contributed by atoms with Crippen molar-refractivity contribution in [2.24, 2.45) is 0 Å². The van der Waals surface area contributed by atoms with Crippen molar-refractivity contribution in [2.75, 3.05) is 10.6 Å². The van der Waals surface area contributed by atoms with Gasteiger partial charge in [0, 0.05) is 36.4 Å². The predicted octanol–water partition coefficient (Wildman–Crippen LogP) is 4.75. The van der Waals surface area contributed by atoms with Gasteiger partial charge in [0.1, 0.15) is 5.82 Å². The first-order valence-electron chi connectivity index (χ1n) is 10.2. The molecule has 3 amide bonds. The van der Waals surface area contributed by atoms with Crippen LogP contribution in [-0.4, -0.2) is 26.5 Å². The second kappa shape index (κ2) is 10.4. The molecule has 2 aromatic heterocycles. The molecular formula is C24H21ClN6O2. The van der Waals surface area contributed by atoms with E-state index in [1.807, 2.05) is 41.1 Å². The lowest BCUT2D eigenvalue weighted by Crippen LogP contribution is -2.34. The lowest BCUT2D eigenvalue weighted by molar-refractivity contribution is 0.102. The first-order chi connectivity index (χ1) is 16.1. The Kier molecular flexibility index (Phi) is 6.96. The molecule has 0 aliphatic rings. The van der Waals surface area contributed by atoms with Crippen molar-refractivity contribution in [1.29, 1.82) is 0 Å². The van der Waals surface area contributed by atoms with E-state index in [4.69, 9.17) is 11.6 Å². The zero-order chi connectivity index (χ0) is 23.0. The lowest BCUT2D eigenvalue weighted by atomic mass is 10.1. The van der Waals surface area contributed by atoms with Crippen LogP contribution in [0.5, 0.6) is 0 Å². The third kappa shape index (κ3) is 6.18. The fraction of sp³-hybridized carbons (Fsp3) is 0.0833. The molecule has 0 radical (unpaired) electrons. The normalized spacial score (nSPS) is 11.4. The van der Waals surface area contributed by atoms with E-state index in [-0.39, 0.29) is 18.0 Å². The Hall–Kier alpha value is -4.17. The zero-order valence-corrected chi connectivity index (χ0v) is 18.2. The van der Waals surface area contributed by atoms with Crippen LogP contribution in [0.25, 0.3) is 0 Å². The Morgan fingerprint density at radius 1 is 1.00 bits per heavy atom. The maximum Gasteiger partial charge on any atom is 0.319 e. The summed E-state index contributed by atoms with van der Waals surface area (Å²) in [4.78, 5) is 33.4.